The van der Waals surface area contributed by atoms with E-state index < -0.39 is 62.7 Å². The topological polar surface area (TPSA) is 125 Å². The van der Waals surface area contributed by atoms with Crippen LogP contribution in [0.1, 0.15) is 5.56 Å². The molecule has 9 nitrogen and oxygen atoms in total. The lowest BCUT2D eigenvalue weighted by Crippen LogP contribution is -2.22. The van der Waals surface area contributed by atoms with Gasteiger partial charge in [0.25, 0.3) is 11.6 Å². The highest BCUT2D eigenvalue weighted by atomic mass is 19.4. The largest absolute Gasteiger partial charge is 0.477 e. The molecule has 0 bridgehead atoms. The van der Waals surface area contributed by atoms with Crippen LogP contribution in [0.2, 0.25) is 0 Å². The van der Waals surface area contributed by atoms with Crippen LogP contribution < -0.4 is 10.1 Å². The molecule has 0 aromatic heterocycles. The molecular weight excluding hydrogens is 394 g/mol. The number of anilines is 1. The van der Waals surface area contributed by atoms with E-state index in [4.69, 9.17) is 4.74 Å². The van der Waals surface area contributed by atoms with E-state index in [0.717, 1.165) is 18.2 Å². The van der Waals surface area contributed by atoms with Gasteiger partial charge in [-0.1, -0.05) is 0 Å². The van der Waals surface area contributed by atoms with Gasteiger partial charge in [0.15, 0.2) is 6.61 Å². The molecule has 0 spiro atoms. The Bertz CT molecular complexity index is 948. The van der Waals surface area contributed by atoms with Crippen molar-refractivity contribution in [3.8, 4) is 5.75 Å². The molecule has 2 rings (SSSR count). The molecule has 0 fully saturated rings. The Morgan fingerprint density at radius 1 is 1.07 bits per heavy atom. The van der Waals surface area contributed by atoms with Crippen molar-refractivity contribution in [2.24, 2.45) is 0 Å². The first-order valence-corrected chi connectivity index (χ1v) is 7.21. The molecule has 2 aromatic carbocycles. The summed E-state index contributed by atoms with van der Waals surface area (Å²) in [6, 6.07) is 3.90. The molecule has 1 amide bonds. The van der Waals surface area contributed by atoms with E-state index in [1.54, 1.807) is 0 Å². The smallest absolute Gasteiger partial charge is 0.418 e. The van der Waals surface area contributed by atoms with E-state index >= 15 is 0 Å². The zero-order chi connectivity index (χ0) is 21.1. The number of alkyl halides is 3. The fourth-order valence-corrected chi connectivity index (χ4v) is 2.07. The van der Waals surface area contributed by atoms with Gasteiger partial charge in [0, 0.05) is 24.3 Å². The number of hydrogen-bond donors (Lipinski definition) is 1. The number of halogens is 4. The number of rotatable bonds is 6. The third-order valence-corrected chi connectivity index (χ3v) is 3.27. The normalized spacial score (nSPS) is 11.0. The fraction of sp³-hybridized carbons (Fsp3) is 0.133. The van der Waals surface area contributed by atoms with Crippen LogP contribution in [0.3, 0.4) is 0 Å². The van der Waals surface area contributed by atoms with Crippen LogP contribution in [0.4, 0.5) is 34.6 Å². The second-order valence-corrected chi connectivity index (χ2v) is 5.19. The Balaban J connectivity index is 2.19. The van der Waals surface area contributed by atoms with Gasteiger partial charge in [-0.05, 0) is 12.1 Å². The summed E-state index contributed by atoms with van der Waals surface area (Å²) in [7, 11) is 0. The van der Waals surface area contributed by atoms with Crippen LogP contribution in [0.5, 0.6) is 5.75 Å². The van der Waals surface area contributed by atoms with E-state index in [1.807, 2.05) is 5.32 Å². The number of ether oxygens (including phenoxy) is 1. The van der Waals surface area contributed by atoms with Gasteiger partial charge in [-0.15, -0.1) is 0 Å². The molecule has 0 atom stereocenters. The molecule has 0 aliphatic rings. The SMILES string of the molecule is O=C(COc1cc(F)ccc1[N+](=O)[O-])Nc1ccc([N+](=O)[O-])cc1C(F)(F)F. The van der Waals surface area contributed by atoms with Crippen molar-refractivity contribution in [3.05, 3.63) is 68.0 Å². The number of carbonyl (C=O) groups excluding carboxylic acids is 1. The van der Waals surface area contributed by atoms with Gasteiger partial charge < -0.3 is 10.1 Å². The minimum Gasteiger partial charge on any atom is -0.477 e. The predicted molar refractivity (Wildman–Crippen MR) is 85.3 cm³/mol. The average Bonchev–Trinajstić information content (AvgIpc) is 2.59. The van der Waals surface area contributed by atoms with Crippen molar-refractivity contribution >= 4 is 23.0 Å². The zero-order valence-electron chi connectivity index (χ0n) is 13.5. The van der Waals surface area contributed by atoms with Gasteiger partial charge in [-0.2, -0.15) is 13.2 Å². The number of carbonyl (C=O) groups is 1. The average molecular weight is 403 g/mol. The van der Waals surface area contributed by atoms with E-state index in [-0.39, 0.29) is 6.07 Å². The summed E-state index contributed by atoms with van der Waals surface area (Å²) in [5.74, 6) is -2.64. The molecule has 13 heteroatoms. The van der Waals surface area contributed by atoms with Crippen molar-refractivity contribution < 1.29 is 36.9 Å². The number of nitrogens with one attached hydrogen (secondary N) is 1. The lowest BCUT2D eigenvalue weighted by molar-refractivity contribution is -0.385. The molecule has 0 heterocycles. The molecule has 1 N–H and O–H groups in total. The summed E-state index contributed by atoms with van der Waals surface area (Å²) in [6.45, 7) is -0.974. The fourth-order valence-electron chi connectivity index (χ4n) is 2.07. The lowest BCUT2D eigenvalue weighted by atomic mass is 10.1. The highest BCUT2D eigenvalue weighted by molar-refractivity contribution is 5.93. The molecule has 2 aromatic rings. The summed E-state index contributed by atoms with van der Waals surface area (Å²) < 4.78 is 57.2. The van der Waals surface area contributed by atoms with Crippen LogP contribution in [0.15, 0.2) is 36.4 Å². The highest BCUT2D eigenvalue weighted by Crippen LogP contribution is 2.37. The number of benzene rings is 2. The van der Waals surface area contributed by atoms with Crippen LogP contribution in [0, 0.1) is 26.0 Å². The monoisotopic (exact) mass is 403 g/mol. The number of nitro benzene ring substituents is 2. The first-order valence-electron chi connectivity index (χ1n) is 7.21. The minimum absolute atomic E-state index is 0.244. The van der Waals surface area contributed by atoms with Crippen molar-refractivity contribution in [3.63, 3.8) is 0 Å². The molecule has 0 aliphatic carbocycles. The Hall–Kier alpha value is -3.77. The Labute approximate surface area is 152 Å². The van der Waals surface area contributed by atoms with E-state index in [2.05, 4.69) is 0 Å². The summed E-state index contributed by atoms with van der Waals surface area (Å²) in [5, 5.41) is 23.3. The maximum Gasteiger partial charge on any atom is 0.418 e. The quantitative estimate of drug-likeness (QED) is 0.446. The zero-order valence-corrected chi connectivity index (χ0v) is 13.5. The van der Waals surface area contributed by atoms with Gasteiger partial charge >= 0.3 is 11.9 Å². The minimum atomic E-state index is -5.00. The van der Waals surface area contributed by atoms with E-state index in [9.17, 15) is 42.6 Å². The van der Waals surface area contributed by atoms with Gasteiger partial charge in [-0.25, -0.2) is 4.39 Å². The van der Waals surface area contributed by atoms with Gasteiger partial charge in [0.2, 0.25) is 5.75 Å². The van der Waals surface area contributed by atoms with Gasteiger partial charge in [-0.3, -0.25) is 25.0 Å². The molecule has 28 heavy (non-hydrogen) atoms. The summed E-state index contributed by atoms with van der Waals surface area (Å²) >= 11 is 0. The lowest BCUT2D eigenvalue weighted by Gasteiger charge is -2.14. The summed E-state index contributed by atoms with van der Waals surface area (Å²) in [6.07, 6.45) is -5.00. The van der Waals surface area contributed by atoms with Crippen LogP contribution >= 0.6 is 0 Å². The van der Waals surface area contributed by atoms with Crippen molar-refractivity contribution in [2.45, 2.75) is 6.18 Å². The first kappa shape index (κ1) is 20.5. The third kappa shape index (κ3) is 4.90. The number of hydrogen-bond acceptors (Lipinski definition) is 6. The molecule has 0 aliphatic heterocycles. The van der Waals surface area contributed by atoms with Crippen molar-refractivity contribution in [2.75, 3.05) is 11.9 Å². The molecule has 0 radical (unpaired) electrons. The van der Waals surface area contributed by atoms with Crippen LogP contribution in [-0.4, -0.2) is 22.4 Å². The van der Waals surface area contributed by atoms with Gasteiger partial charge in [0.05, 0.1) is 21.1 Å². The number of nitrogens with zero attached hydrogens (tertiary/aromatic N) is 2. The van der Waals surface area contributed by atoms with E-state index in [1.165, 1.54) is 0 Å². The second kappa shape index (κ2) is 7.85. The first-order chi connectivity index (χ1) is 13.0. The molecular formula is C15H9F4N3O6. The predicted octanol–water partition coefficient (Wildman–Crippen LogP) is 3.68. The maximum absolute atomic E-state index is 13.2. The molecule has 0 saturated carbocycles. The molecule has 0 unspecified atom stereocenters. The number of non-ortho nitro benzene ring substituents is 1. The Morgan fingerprint density at radius 3 is 2.32 bits per heavy atom. The maximum atomic E-state index is 13.2. The Morgan fingerprint density at radius 2 is 1.75 bits per heavy atom. The second-order valence-electron chi connectivity index (χ2n) is 5.19. The van der Waals surface area contributed by atoms with E-state index in [0.29, 0.717) is 12.1 Å². The third-order valence-electron chi connectivity index (χ3n) is 3.27. The van der Waals surface area contributed by atoms with Crippen molar-refractivity contribution in [1.82, 2.24) is 0 Å². The summed E-state index contributed by atoms with van der Waals surface area (Å²) in [5.41, 5.74) is -3.73. The molecule has 148 valence electrons. The Kier molecular flexibility index (Phi) is 5.76. The van der Waals surface area contributed by atoms with Crippen LogP contribution in [-0.2, 0) is 11.0 Å². The highest BCUT2D eigenvalue weighted by Gasteiger charge is 2.35. The van der Waals surface area contributed by atoms with Crippen LogP contribution in [0.25, 0.3) is 0 Å². The number of nitro groups is 2. The summed E-state index contributed by atoms with van der Waals surface area (Å²) in [4.78, 5) is 31.4. The van der Waals surface area contributed by atoms with Gasteiger partial charge in [0.1, 0.15) is 5.82 Å². The van der Waals surface area contributed by atoms with Crippen molar-refractivity contribution in [1.29, 1.82) is 0 Å². The standard InChI is InChI=1S/C15H9F4N3O6/c16-8-1-4-12(22(26)27)13(5-8)28-7-14(23)20-11-3-2-9(21(24)25)6-10(11)15(17,18)19/h1-6H,7H2,(H,20,23). The number of amides is 1. The molecule has 0 saturated heterocycles.